The first-order chi connectivity index (χ1) is 14.6. The molecule has 1 aliphatic heterocycles. The molecular formula is C21H23N7O2. The molecule has 154 valence electrons. The van der Waals surface area contributed by atoms with Crippen molar-refractivity contribution in [2.45, 2.75) is 6.92 Å². The van der Waals surface area contributed by atoms with E-state index in [-0.39, 0.29) is 11.7 Å². The van der Waals surface area contributed by atoms with Crippen LogP contribution in [0.1, 0.15) is 6.92 Å². The molecule has 1 aromatic heterocycles. The molecular weight excluding hydrogens is 382 g/mol. The van der Waals surface area contributed by atoms with Crippen molar-refractivity contribution >= 4 is 34.9 Å². The van der Waals surface area contributed by atoms with E-state index in [4.69, 9.17) is 0 Å². The zero-order chi connectivity index (χ0) is 20.9. The monoisotopic (exact) mass is 405 g/mol. The highest BCUT2D eigenvalue weighted by Gasteiger charge is 2.19. The lowest BCUT2D eigenvalue weighted by Gasteiger charge is -2.36. The van der Waals surface area contributed by atoms with Gasteiger partial charge in [0.05, 0.1) is 0 Å². The topological polar surface area (TPSA) is 107 Å². The predicted octanol–water partition coefficient (Wildman–Crippen LogP) is 2.61. The molecule has 4 rings (SSSR count). The summed E-state index contributed by atoms with van der Waals surface area (Å²) in [6.45, 7) is 4.69. The highest BCUT2D eigenvalue weighted by molar-refractivity contribution is 5.89. The van der Waals surface area contributed by atoms with Crippen molar-refractivity contribution < 1.29 is 9.90 Å². The number of aromatic hydroxyl groups is 1. The number of aromatic nitrogens is 3. The number of anilines is 5. The number of rotatable bonds is 5. The van der Waals surface area contributed by atoms with Crippen molar-refractivity contribution in [3.05, 3.63) is 54.9 Å². The number of phenolic OH excluding ortho intramolecular Hbond substituents is 1. The number of phenols is 1. The van der Waals surface area contributed by atoms with Gasteiger partial charge in [-0.3, -0.25) is 4.79 Å². The third-order valence-electron chi connectivity index (χ3n) is 4.78. The van der Waals surface area contributed by atoms with E-state index in [1.165, 1.54) is 13.3 Å². The summed E-state index contributed by atoms with van der Waals surface area (Å²) in [5, 5.41) is 15.4. The van der Waals surface area contributed by atoms with Crippen LogP contribution in [0, 0.1) is 0 Å². The summed E-state index contributed by atoms with van der Waals surface area (Å²) in [6, 6.07) is 14.6. The van der Waals surface area contributed by atoms with E-state index in [0.717, 1.165) is 37.6 Å². The second-order valence-electron chi connectivity index (χ2n) is 6.99. The minimum atomic E-state index is -0.124. The highest BCUT2D eigenvalue weighted by atomic mass is 16.3. The second kappa shape index (κ2) is 8.64. The molecule has 9 nitrogen and oxygen atoms in total. The fourth-order valence-corrected chi connectivity index (χ4v) is 3.34. The van der Waals surface area contributed by atoms with Crippen LogP contribution in [0.3, 0.4) is 0 Å². The first-order valence-corrected chi connectivity index (χ1v) is 9.69. The van der Waals surface area contributed by atoms with Gasteiger partial charge in [0.1, 0.15) is 12.1 Å². The summed E-state index contributed by atoms with van der Waals surface area (Å²) < 4.78 is 0. The molecule has 3 N–H and O–H groups in total. The van der Waals surface area contributed by atoms with Gasteiger partial charge in [-0.15, -0.1) is 0 Å². The average molecular weight is 405 g/mol. The molecule has 30 heavy (non-hydrogen) atoms. The molecule has 0 aliphatic carbocycles. The van der Waals surface area contributed by atoms with E-state index in [9.17, 15) is 9.90 Å². The van der Waals surface area contributed by atoms with Crippen molar-refractivity contribution in [3.63, 3.8) is 0 Å². The zero-order valence-electron chi connectivity index (χ0n) is 16.6. The standard InChI is InChI=1S/C21H23N7O2/c1-15(29)24-16-3-2-4-17(13-16)25-20-22-14-23-21(26-20)28-11-9-27(10-12-28)18-5-7-19(30)8-6-18/h2-8,13-14,30H,9-12H2,1H3,(H,24,29)(H,22,23,25,26). The first-order valence-electron chi connectivity index (χ1n) is 9.69. The number of carbonyl (C=O) groups excluding carboxylic acids is 1. The van der Waals surface area contributed by atoms with Gasteiger partial charge in [0.25, 0.3) is 0 Å². The van der Waals surface area contributed by atoms with Crippen LogP contribution >= 0.6 is 0 Å². The molecule has 1 saturated heterocycles. The van der Waals surface area contributed by atoms with Gasteiger partial charge in [0.2, 0.25) is 17.8 Å². The Bertz CT molecular complexity index is 1020. The van der Waals surface area contributed by atoms with Gasteiger partial charge >= 0.3 is 0 Å². The van der Waals surface area contributed by atoms with Crippen LogP contribution in [0.25, 0.3) is 0 Å². The fourth-order valence-electron chi connectivity index (χ4n) is 3.34. The number of hydrogen-bond donors (Lipinski definition) is 3. The maximum absolute atomic E-state index is 11.2. The number of benzene rings is 2. The van der Waals surface area contributed by atoms with E-state index >= 15 is 0 Å². The normalized spacial score (nSPS) is 13.8. The Hall–Kier alpha value is -3.88. The van der Waals surface area contributed by atoms with Crippen LogP contribution in [0.15, 0.2) is 54.9 Å². The van der Waals surface area contributed by atoms with E-state index in [0.29, 0.717) is 17.6 Å². The van der Waals surface area contributed by atoms with E-state index < -0.39 is 0 Å². The molecule has 1 aliphatic rings. The van der Waals surface area contributed by atoms with Crippen LogP contribution in [-0.2, 0) is 4.79 Å². The molecule has 2 aromatic carbocycles. The Kier molecular flexibility index (Phi) is 5.60. The summed E-state index contributed by atoms with van der Waals surface area (Å²) >= 11 is 0. The molecule has 3 aromatic rings. The van der Waals surface area contributed by atoms with Crippen molar-refractivity contribution in [3.8, 4) is 5.75 Å². The van der Waals surface area contributed by atoms with Gasteiger partial charge in [-0.25, -0.2) is 9.97 Å². The number of hydrogen-bond acceptors (Lipinski definition) is 8. The number of nitrogens with zero attached hydrogens (tertiary/aromatic N) is 5. The Labute approximate surface area is 174 Å². The smallest absolute Gasteiger partial charge is 0.231 e. The molecule has 1 fully saturated rings. The Morgan fingerprint density at radius 2 is 1.67 bits per heavy atom. The molecule has 0 atom stereocenters. The first kappa shape index (κ1) is 19.4. The number of nitrogens with one attached hydrogen (secondary N) is 2. The quantitative estimate of drug-likeness (QED) is 0.595. The minimum absolute atomic E-state index is 0.124. The third-order valence-corrected chi connectivity index (χ3v) is 4.78. The molecule has 2 heterocycles. The molecule has 0 unspecified atom stereocenters. The van der Waals surface area contributed by atoms with Crippen molar-refractivity contribution in [2.75, 3.05) is 46.6 Å². The maximum atomic E-state index is 11.2. The lowest BCUT2D eigenvalue weighted by Crippen LogP contribution is -2.47. The second-order valence-corrected chi connectivity index (χ2v) is 6.99. The van der Waals surface area contributed by atoms with Crippen molar-refractivity contribution in [1.82, 2.24) is 15.0 Å². The predicted molar refractivity (Wildman–Crippen MR) is 116 cm³/mol. The van der Waals surface area contributed by atoms with Crippen LogP contribution in [-0.4, -0.2) is 52.1 Å². The molecule has 9 heteroatoms. The third kappa shape index (κ3) is 4.75. The van der Waals surface area contributed by atoms with Crippen molar-refractivity contribution in [1.29, 1.82) is 0 Å². The Morgan fingerprint density at radius 3 is 2.40 bits per heavy atom. The van der Waals surface area contributed by atoms with E-state index in [1.54, 1.807) is 12.1 Å². The average Bonchev–Trinajstić information content (AvgIpc) is 2.74. The molecule has 0 saturated carbocycles. The van der Waals surface area contributed by atoms with Gasteiger partial charge in [0, 0.05) is 50.2 Å². The van der Waals surface area contributed by atoms with Crippen LogP contribution < -0.4 is 20.4 Å². The van der Waals surface area contributed by atoms with Crippen LogP contribution in [0.4, 0.5) is 29.0 Å². The number of piperazine rings is 1. The summed E-state index contributed by atoms with van der Waals surface area (Å²) in [4.78, 5) is 28.7. The van der Waals surface area contributed by atoms with Crippen LogP contribution in [0.2, 0.25) is 0 Å². The van der Waals surface area contributed by atoms with Crippen LogP contribution in [0.5, 0.6) is 5.75 Å². The summed E-state index contributed by atoms with van der Waals surface area (Å²) in [5.41, 5.74) is 2.56. The molecule has 0 spiro atoms. The minimum Gasteiger partial charge on any atom is -0.508 e. The highest BCUT2D eigenvalue weighted by Crippen LogP contribution is 2.22. The zero-order valence-corrected chi connectivity index (χ0v) is 16.6. The lowest BCUT2D eigenvalue weighted by atomic mass is 10.2. The number of amides is 1. The van der Waals surface area contributed by atoms with E-state index in [1.807, 2.05) is 36.4 Å². The summed E-state index contributed by atoms with van der Waals surface area (Å²) in [6.07, 6.45) is 1.49. The molecule has 1 amide bonds. The van der Waals surface area contributed by atoms with Gasteiger partial charge < -0.3 is 25.5 Å². The molecule has 0 radical (unpaired) electrons. The summed E-state index contributed by atoms with van der Waals surface area (Å²) in [7, 11) is 0. The lowest BCUT2D eigenvalue weighted by molar-refractivity contribution is -0.114. The Balaban J connectivity index is 1.40. The summed E-state index contributed by atoms with van der Waals surface area (Å²) in [5.74, 6) is 1.21. The maximum Gasteiger partial charge on any atom is 0.231 e. The molecule has 0 bridgehead atoms. The van der Waals surface area contributed by atoms with Gasteiger partial charge in [0.15, 0.2) is 0 Å². The van der Waals surface area contributed by atoms with Gasteiger partial charge in [-0.05, 0) is 42.5 Å². The largest absolute Gasteiger partial charge is 0.508 e. The SMILES string of the molecule is CC(=O)Nc1cccc(Nc2ncnc(N3CCN(c4ccc(O)cc4)CC3)n2)c1. The Morgan fingerprint density at radius 1 is 0.967 bits per heavy atom. The fraction of sp³-hybridized carbons (Fsp3) is 0.238. The van der Waals surface area contributed by atoms with E-state index in [2.05, 4.69) is 35.4 Å². The van der Waals surface area contributed by atoms with Crippen molar-refractivity contribution in [2.24, 2.45) is 0 Å². The number of carbonyl (C=O) groups is 1. The van der Waals surface area contributed by atoms with Gasteiger partial charge in [-0.1, -0.05) is 6.07 Å². The van der Waals surface area contributed by atoms with Gasteiger partial charge in [-0.2, -0.15) is 4.98 Å².